The van der Waals surface area contributed by atoms with Crippen molar-refractivity contribution in [1.82, 2.24) is 4.90 Å². The second-order valence-corrected chi connectivity index (χ2v) is 6.35. The van der Waals surface area contributed by atoms with E-state index in [9.17, 15) is 4.79 Å². The first kappa shape index (κ1) is 14.5. The van der Waals surface area contributed by atoms with Crippen LogP contribution in [-0.4, -0.2) is 17.9 Å². The molecule has 0 atom stereocenters. The van der Waals surface area contributed by atoms with E-state index < -0.39 is 0 Å². The van der Waals surface area contributed by atoms with Crippen LogP contribution in [0.5, 0.6) is 0 Å². The third kappa shape index (κ3) is 3.79. The number of amides is 1. The summed E-state index contributed by atoms with van der Waals surface area (Å²) in [5.74, 6) is 0.0490. The minimum atomic E-state index is 0.0490. The zero-order valence-corrected chi connectivity index (χ0v) is 14.2. The van der Waals surface area contributed by atoms with Crippen molar-refractivity contribution in [2.45, 2.75) is 6.54 Å². The molecule has 0 N–H and O–H groups in total. The van der Waals surface area contributed by atoms with Crippen molar-refractivity contribution in [3.8, 4) is 0 Å². The summed E-state index contributed by atoms with van der Waals surface area (Å²) in [6.45, 7) is 0.608. The predicted octanol–water partition coefficient (Wildman–Crippen LogP) is 4.33. The molecule has 2 aromatic rings. The normalized spacial score (nSPS) is 10.3. The van der Waals surface area contributed by atoms with E-state index in [0.717, 1.165) is 19.2 Å². The molecule has 2 aromatic carbocycles. The van der Waals surface area contributed by atoms with E-state index in [2.05, 4.69) is 38.5 Å². The second-order valence-electron chi connectivity index (χ2n) is 4.27. The van der Waals surface area contributed by atoms with E-state index in [0.29, 0.717) is 6.54 Å². The van der Waals surface area contributed by atoms with Crippen LogP contribution in [0.3, 0.4) is 0 Å². The van der Waals surface area contributed by atoms with Crippen molar-refractivity contribution in [3.05, 3.63) is 67.7 Å². The lowest BCUT2D eigenvalue weighted by Crippen LogP contribution is -2.26. The van der Waals surface area contributed by atoms with Gasteiger partial charge in [0.2, 0.25) is 0 Å². The van der Waals surface area contributed by atoms with E-state index in [1.54, 1.807) is 4.90 Å². The van der Waals surface area contributed by atoms with E-state index in [1.807, 2.05) is 55.6 Å². The maximum absolute atomic E-state index is 12.3. The molecule has 0 heterocycles. The Kier molecular flexibility index (Phi) is 4.99. The van der Waals surface area contributed by atoms with Gasteiger partial charge in [-0.15, -0.1) is 0 Å². The number of hydrogen-bond donors (Lipinski definition) is 0. The molecule has 2 rings (SSSR count). The number of carbonyl (C=O) groups excluding carboxylic acids is 1. The van der Waals surface area contributed by atoms with Crippen molar-refractivity contribution < 1.29 is 4.79 Å². The molecule has 19 heavy (non-hydrogen) atoms. The first-order valence-electron chi connectivity index (χ1n) is 5.82. The minimum absolute atomic E-state index is 0.0490. The van der Waals surface area contributed by atoms with Gasteiger partial charge in [-0.2, -0.15) is 0 Å². The average Bonchev–Trinajstić information content (AvgIpc) is 2.41. The molecule has 1 amide bonds. The Balaban J connectivity index is 2.12. The largest absolute Gasteiger partial charge is 0.337 e. The Labute approximate surface area is 135 Å². The Bertz CT molecular complexity index is 583. The van der Waals surface area contributed by atoms with E-state index >= 15 is 0 Å². The molecule has 0 saturated carbocycles. The zero-order chi connectivity index (χ0) is 13.8. The molecule has 2 nitrogen and oxygen atoms in total. The van der Waals surface area contributed by atoms with Crippen molar-refractivity contribution >= 4 is 44.4 Å². The summed E-state index contributed by atoms with van der Waals surface area (Å²) in [7, 11) is 1.83. The molecule has 0 bridgehead atoms. The monoisotopic (exact) mass is 429 g/mol. The predicted molar refractivity (Wildman–Crippen MR) is 89.1 cm³/mol. The number of halogens is 2. The molecule has 0 saturated heterocycles. The second kappa shape index (κ2) is 6.52. The van der Waals surface area contributed by atoms with Gasteiger partial charge in [-0.25, -0.2) is 0 Å². The van der Waals surface area contributed by atoms with Gasteiger partial charge in [-0.1, -0.05) is 40.2 Å². The highest BCUT2D eigenvalue weighted by molar-refractivity contribution is 14.1. The van der Waals surface area contributed by atoms with Gasteiger partial charge in [0, 0.05) is 21.6 Å². The molecule has 0 aromatic heterocycles. The molecular weight excluding hydrogens is 417 g/mol. The molecule has 98 valence electrons. The standard InChI is InChI=1S/C15H13BrINO/c1-18(10-11-6-8-12(16)9-7-11)15(19)13-4-2-3-5-14(13)17/h2-9H,10H2,1H3. The highest BCUT2D eigenvalue weighted by Crippen LogP contribution is 2.16. The summed E-state index contributed by atoms with van der Waals surface area (Å²) in [6.07, 6.45) is 0. The van der Waals surface area contributed by atoms with Crippen LogP contribution in [0.15, 0.2) is 53.0 Å². The van der Waals surface area contributed by atoms with Crippen LogP contribution in [0.2, 0.25) is 0 Å². The van der Waals surface area contributed by atoms with Crippen LogP contribution < -0.4 is 0 Å². The fourth-order valence-electron chi connectivity index (χ4n) is 1.78. The molecule has 0 aliphatic carbocycles. The number of benzene rings is 2. The van der Waals surface area contributed by atoms with Gasteiger partial charge in [0.05, 0.1) is 5.56 Å². The van der Waals surface area contributed by atoms with Crippen molar-refractivity contribution in [2.24, 2.45) is 0 Å². The smallest absolute Gasteiger partial charge is 0.254 e. The summed E-state index contributed by atoms with van der Waals surface area (Å²) in [5.41, 5.74) is 1.87. The van der Waals surface area contributed by atoms with Gasteiger partial charge >= 0.3 is 0 Å². The Morgan fingerprint density at radius 3 is 2.42 bits per heavy atom. The van der Waals surface area contributed by atoms with Gasteiger partial charge < -0.3 is 4.90 Å². The molecular formula is C15H13BrINO. The third-order valence-corrected chi connectivity index (χ3v) is 4.25. The number of hydrogen-bond acceptors (Lipinski definition) is 1. The summed E-state index contributed by atoms with van der Waals surface area (Å²) in [5, 5.41) is 0. The highest BCUT2D eigenvalue weighted by atomic mass is 127. The summed E-state index contributed by atoms with van der Waals surface area (Å²) in [6, 6.07) is 15.6. The molecule has 0 unspecified atom stereocenters. The number of carbonyl (C=O) groups is 1. The van der Waals surface area contributed by atoms with Crippen LogP contribution in [0.1, 0.15) is 15.9 Å². The number of rotatable bonds is 3. The van der Waals surface area contributed by atoms with Crippen molar-refractivity contribution in [2.75, 3.05) is 7.05 Å². The van der Waals surface area contributed by atoms with Gasteiger partial charge in [0.1, 0.15) is 0 Å². The van der Waals surface area contributed by atoms with Gasteiger partial charge in [0.25, 0.3) is 5.91 Å². The maximum atomic E-state index is 12.3. The van der Waals surface area contributed by atoms with E-state index in [-0.39, 0.29) is 5.91 Å². The quantitative estimate of drug-likeness (QED) is 0.665. The SMILES string of the molecule is CN(Cc1ccc(Br)cc1)C(=O)c1ccccc1I. The summed E-state index contributed by atoms with van der Waals surface area (Å²) < 4.78 is 2.02. The fourth-order valence-corrected chi connectivity index (χ4v) is 2.66. The minimum Gasteiger partial charge on any atom is -0.337 e. The average molecular weight is 430 g/mol. The van der Waals surface area contributed by atoms with Crippen LogP contribution >= 0.6 is 38.5 Å². The Morgan fingerprint density at radius 2 is 1.79 bits per heavy atom. The lowest BCUT2D eigenvalue weighted by atomic mass is 10.1. The lowest BCUT2D eigenvalue weighted by Gasteiger charge is -2.18. The molecule has 0 aliphatic heterocycles. The number of nitrogens with zero attached hydrogens (tertiary/aromatic N) is 1. The zero-order valence-electron chi connectivity index (χ0n) is 10.4. The van der Waals surface area contributed by atoms with Gasteiger partial charge in [0.15, 0.2) is 0 Å². The topological polar surface area (TPSA) is 20.3 Å². The lowest BCUT2D eigenvalue weighted by molar-refractivity contribution is 0.0784. The summed E-state index contributed by atoms with van der Waals surface area (Å²) in [4.78, 5) is 14.1. The van der Waals surface area contributed by atoms with Crippen LogP contribution in [-0.2, 0) is 6.54 Å². The van der Waals surface area contributed by atoms with Crippen molar-refractivity contribution in [3.63, 3.8) is 0 Å². The molecule has 0 fully saturated rings. The van der Waals surface area contributed by atoms with Gasteiger partial charge in [-0.3, -0.25) is 4.79 Å². The molecule has 4 heteroatoms. The van der Waals surface area contributed by atoms with E-state index in [1.165, 1.54) is 0 Å². The summed E-state index contributed by atoms with van der Waals surface area (Å²) >= 11 is 5.60. The van der Waals surface area contributed by atoms with Crippen molar-refractivity contribution in [1.29, 1.82) is 0 Å². The fraction of sp³-hybridized carbons (Fsp3) is 0.133. The molecule has 0 aliphatic rings. The van der Waals surface area contributed by atoms with E-state index in [4.69, 9.17) is 0 Å². The molecule has 0 radical (unpaired) electrons. The third-order valence-electron chi connectivity index (χ3n) is 2.78. The maximum Gasteiger partial charge on any atom is 0.254 e. The highest BCUT2D eigenvalue weighted by Gasteiger charge is 2.14. The Hall–Kier alpha value is -0.880. The Morgan fingerprint density at radius 1 is 1.16 bits per heavy atom. The van der Waals surface area contributed by atoms with Crippen LogP contribution in [0.25, 0.3) is 0 Å². The first-order chi connectivity index (χ1) is 9.08. The van der Waals surface area contributed by atoms with Crippen LogP contribution in [0, 0.1) is 3.57 Å². The van der Waals surface area contributed by atoms with Gasteiger partial charge in [-0.05, 0) is 52.4 Å². The van der Waals surface area contributed by atoms with Crippen LogP contribution in [0.4, 0.5) is 0 Å². The first-order valence-corrected chi connectivity index (χ1v) is 7.69. The molecule has 0 spiro atoms.